The summed E-state index contributed by atoms with van der Waals surface area (Å²) in [6.07, 6.45) is 1.44. The summed E-state index contributed by atoms with van der Waals surface area (Å²) in [5, 5.41) is 10.4. The molecule has 1 saturated heterocycles. The highest BCUT2D eigenvalue weighted by molar-refractivity contribution is 6.00. The van der Waals surface area contributed by atoms with E-state index in [4.69, 9.17) is 10.5 Å². The zero-order valence-corrected chi connectivity index (χ0v) is 10.7. The van der Waals surface area contributed by atoms with Gasteiger partial charge in [-0.1, -0.05) is 0 Å². The van der Waals surface area contributed by atoms with E-state index in [1.807, 2.05) is 0 Å². The van der Waals surface area contributed by atoms with Crippen LogP contribution in [-0.2, 0) is 4.74 Å². The molecule has 3 N–H and O–H groups in total. The summed E-state index contributed by atoms with van der Waals surface area (Å²) in [6, 6.07) is 3.52. The lowest BCUT2D eigenvalue weighted by molar-refractivity contribution is 0.0993. The van der Waals surface area contributed by atoms with Crippen molar-refractivity contribution in [3.8, 4) is 5.75 Å². The molecule has 7 nitrogen and oxygen atoms in total. The topological polar surface area (TPSA) is 102 Å². The fraction of sp³-hybridized carbons (Fsp3) is 0.308. The third-order valence-electron chi connectivity index (χ3n) is 3.27. The average Bonchev–Trinajstić information content (AvgIpc) is 2.48. The number of morpholine rings is 1. The summed E-state index contributed by atoms with van der Waals surface area (Å²) < 4.78 is 5.30. The summed E-state index contributed by atoms with van der Waals surface area (Å²) in [7, 11) is 0. The largest absolute Gasteiger partial charge is 0.505 e. The molecule has 1 amide bonds. The summed E-state index contributed by atoms with van der Waals surface area (Å²) in [5.74, 6) is -0.188. The number of fused-ring (bicyclic) bond motifs is 1. The van der Waals surface area contributed by atoms with Gasteiger partial charge in [0.05, 0.1) is 24.9 Å². The molecule has 2 aromatic rings. The lowest BCUT2D eigenvalue weighted by Gasteiger charge is -2.27. The summed E-state index contributed by atoms with van der Waals surface area (Å²) in [4.78, 5) is 21.6. The summed E-state index contributed by atoms with van der Waals surface area (Å²) in [6.45, 7) is 2.89. The van der Waals surface area contributed by atoms with Crippen LogP contribution in [0.5, 0.6) is 5.75 Å². The Kier molecular flexibility index (Phi) is 3.11. The Morgan fingerprint density at radius 3 is 2.80 bits per heavy atom. The number of ether oxygens (including phenoxy) is 1. The number of nitrogens with zero attached hydrogens (tertiary/aromatic N) is 3. The molecular weight excluding hydrogens is 260 g/mol. The van der Waals surface area contributed by atoms with E-state index in [-0.39, 0.29) is 11.4 Å². The van der Waals surface area contributed by atoms with Crippen molar-refractivity contribution in [3.05, 3.63) is 24.0 Å². The highest BCUT2D eigenvalue weighted by Crippen LogP contribution is 2.27. The minimum absolute atomic E-state index is 0.140. The van der Waals surface area contributed by atoms with Crippen LogP contribution in [0, 0.1) is 0 Å². The molecule has 7 heteroatoms. The fourth-order valence-corrected chi connectivity index (χ4v) is 2.23. The maximum absolute atomic E-state index is 11.1. The lowest BCUT2D eigenvalue weighted by Crippen LogP contribution is -2.36. The predicted molar refractivity (Wildman–Crippen MR) is 72.8 cm³/mol. The minimum atomic E-state index is -0.762. The van der Waals surface area contributed by atoms with E-state index in [0.717, 1.165) is 18.9 Å². The second kappa shape index (κ2) is 4.93. The SMILES string of the molecule is NC(=O)c1ncc2nc(N3CCOCC3)ccc2c1O. The molecule has 104 valence electrons. The Bertz CT molecular complexity index is 668. The number of amides is 1. The molecule has 0 unspecified atom stereocenters. The number of rotatable bonds is 2. The first-order valence-electron chi connectivity index (χ1n) is 6.28. The van der Waals surface area contributed by atoms with E-state index in [1.54, 1.807) is 12.1 Å². The summed E-state index contributed by atoms with van der Waals surface area (Å²) >= 11 is 0. The third kappa shape index (κ3) is 2.12. The molecule has 1 fully saturated rings. The smallest absolute Gasteiger partial charge is 0.271 e. The van der Waals surface area contributed by atoms with Gasteiger partial charge in [-0.25, -0.2) is 9.97 Å². The molecule has 3 heterocycles. The number of aromatic nitrogens is 2. The second-order valence-corrected chi connectivity index (χ2v) is 4.52. The van der Waals surface area contributed by atoms with E-state index in [2.05, 4.69) is 14.9 Å². The van der Waals surface area contributed by atoms with E-state index in [9.17, 15) is 9.90 Å². The molecule has 1 aliphatic heterocycles. The van der Waals surface area contributed by atoms with Crippen LogP contribution in [0.3, 0.4) is 0 Å². The first-order chi connectivity index (χ1) is 9.66. The average molecular weight is 274 g/mol. The predicted octanol–water partition coefficient (Wildman–Crippen LogP) is 0.271. The molecule has 3 rings (SSSR count). The van der Waals surface area contributed by atoms with Gasteiger partial charge >= 0.3 is 0 Å². The number of carbonyl (C=O) groups is 1. The third-order valence-corrected chi connectivity index (χ3v) is 3.27. The van der Waals surface area contributed by atoms with E-state index in [0.29, 0.717) is 24.1 Å². The number of primary amides is 1. The molecule has 0 atom stereocenters. The number of hydrogen-bond acceptors (Lipinski definition) is 6. The van der Waals surface area contributed by atoms with Gasteiger partial charge in [0.15, 0.2) is 11.4 Å². The summed E-state index contributed by atoms with van der Waals surface area (Å²) in [5.41, 5.74) is 5.53. The van der Waals surface area contributed by atoms with E-state index >= 15 is 0 Å². The van der Waals surface area contributed by atoms with Crippen molar-refractivity contribution in [2.75, 3.05) is 31.2 Å². The van der Waals surface area contributed by atoms with Crippen LogP contribution in [0.25, 0.3) is 10.9 Å². The monoisotopic (exact) mass is 274 g/mol. The Labute approximate surface area is 115 Å². The number of pyridine rings is 2. The minimum Gasteiger partial charge on any atom is -0.505 e. The standard InChI is InChI=1S/C13H14N4O3/c14-13(19)11-12(18)8-1-2-10(16-9(8)7-15-11)17-3-5-20-6-4-17/h1-2,7,18H,3-6H2,(H2,14,19). The molecule has 0 saturated carbocycles. The highest BCUT2D eigenvalue weighted by Gasteiger charge is 2.16. The van der Waals surface area contributed by atoms with Crippen LogP contribution < -0.4 is 10.6 Å². The van der Waals surface area contributed by atoms with Crippen molar-refractivity contribution in [1.29, 1.82) is 0 Å². The van der Waals surface area contributed by atoms with Crippen LogP contribution >= 0.6 is 0 Å². The van der Waals surface area contributed by atoms with E-state index in [1.165, 1.54) is 6.20 Å². The van der Waals surface area contributed by atoms with Gasteiger partial charge in [0.25, 0.3) is 5.91 Å². The van der Waals surface area contributed by atoms with Crippen molar-refractivity contribution >= 4 is 22.6 Å². The van der Waals surface area contributed by atoms with Gasteiger partial charge in [-0.05, 0) is 12.1 Å². The number of aromatic hydroxyl groups is 1. The van der Waals surface area contributed by atoms with Crippen molar-refractivity contribution in [3.63, 3.8) is 0 Å². The fourth-order valence-electron chi connectivity index (χ4n) is 2.23. The van der Waals surface area contributed by atoms with Gasteiger partial charge in [-0.3, -0.25) is 4.79 Å². The van der Waals surface area contributed by atoms with Gasteiger partial charge in [-0.15, -0.1) is 0 Å². The normalized spacial score (nSPS) is 15.5. The Morgan fingerprint density at radius 2 is 2.10 bits per heavy atom. The molecule has 0 bridgehead atoms. The van der Waals surface area contributed by atoms with Crippen molar-refractivity contribution in [2.45, 2.75) is 0 Å². The zero-order valence-electron chi connectivity index (χ0n) is 10.7. The number of carbonyl (C=O) groups excluding carboxylic acids is 1. The van der Waals surface area contributed by atoms with Gasteiger partial charge in [-0.2, -0.15) is 0 Å². The van der Waals surface area contributed by atoms with Crippen molar-refractivity contribution in [1.82, 2.24) is 9.97 Å². The quantitative estimate of drug-likeness (QED) is 0.815. The number of hydrogen-bond donors (Lipinski definition) is 2. The molecule has 20 heavy (non-hydrogen) atoms. The molecule has 0 aromatic carbocycles. The van der Waals surface area contributed by atoms with Crippen LogP contribution in [-0.4, -0.2) is 47.3 Å². The lowest BCUT2D eigenvalue weighted by atomic mass is 10.2. The van der Waals surface area contributed by atoms with Crippen LogP contribution in [0.4, 0.5) is 5.82 Å². The van der Waals surface area contributed by atoms with E-state index < -0.39 is 5.91 Å². The first-order valence-corrected chi connectivity index (χ1v) is 6.28. The molecule has 1 aliphatic rings. The molecule has 2 aromatic heterocycles. The zero-order chi connectivity index (χ0) is 14.1. The van der Waals surface area contributed by atoms with Crippen LogP contribution in [0.2, 0.25) is 0 Å². The maximum Gasteiger partial charge on any atom is 0.271 e. The van der Waals surface area contributed by atoms with Gasteiger partial charge in [0, 0.05) is 18.5 Å². The Morgan fingerprint density at radius 1 is 1.35 bits per heavy atom. The number of nitrogens with two attached hydrogens (primary N) is 1. The van der Waals surface area contributed by atoms with Crippen LogP contribution in [0.1, 0.15) is 10.5 Å². The van der Waals surface area contributed by atoms with Gasteiger partial charge in [0.2, 0.25) is 0 Å². The second-order valence-electron chi connectivity index (χ2n) is 4.52. The van der Waals surface area contributed by atoms with Crippen molar-refractivity contribution in [2.24, 2.45) is 5.73 Å². The molecular formula is C13H14N4O3. The van der Waals surface area contributed by atoms with Crippen molar-refractivity contribution < 1.29 is 14.6 Å². The first kappa shape index (κ1) is 12.6. The molecule has 0 spiro atoms. The van der Waals surface area contributed by atoms with Crippen LogP contribution in [0.15, 0.2) is 18.3 Å². The van der Waals surface area contributed by atoms with Gasteiger partial charge < -0.3 is 20.5 Å². The number of anilines is 1. The van der Waals surface area contributed by atoms with Gasteiger partial charge in [0.1, 0.15) is 5.82 Å². The maximum atomic E-state index is 11.1. The highest BCUT2D eigenvalue weighted by atomic mass is 16.5. The molecule has 0 radical (unpaired) electrons. The Balaban J connectivity index is 2.04. The Hall–Kier alpha value is -2.41. The molecule has 0 aliphatic carbocycles.